The lowest BCUT2D eigenvalue weighted by Crippen LogP contribution is -2.53. The van der Waals surface area contributed by atoms with Gasteiger partial charge in [-0.25, -0.2) is 0 Å². The van der Waals surface area contributed by atoms with Crippen LogP contribution in [-0.2, 0) is 4.79 Å². The number of hydrogen-bond donors (Lipinski definition) is 1. The van der Waals surface area contributed by atoms with Crippen molar-refractivity contribution in [3.63, 3.8) is 0 Å². The second kappa shape index (κ2) is 6.91. The Morgan fingerprint density at radius 1 is 1.21 bits per heavy atom. The first-order chi connectivity index (χ1) is 11.5. The summed E-state index contributed by atoms with van der Waals surface area (Å²) in [6, 6.07) is 7.62. The number of piperazine rings is 1. The first-order valence-electron chi connectivity index (χ1n) is 8.27. The number of nitrogens with zero attached hydrogens (tertiary/aromatic N) is 2. The number of hydrogen-bond acceptors (Lipinski definition) is 4. The maximum absolute atomic E-state index is 12.9. The second-order valence-electron chi connectivity index (χ2n) is 6.14. The Balaban J connectivity index is 1.73. The number of fused-ring (bicyclic) bond motifs is 1. The average molecular weight is 346 g/mol. The summed E-state index contributed by atoms with van der Waals surface area (Å²) < 4.78 is 1.13. The van der Waals surface area contributed by atoms with Crippen molar-refractivity contribution in [2.24, 2.45) is 0 Å². The molecule has 1 N–H and O–H groups in total. The van der Waals surface area contributed by atoms with Crippen molar-refractivity contribution in [3.05, 3.63) is 34.7 Å². The van der Waals surface area contributed by atoms with E-state index in [1.54, 1.807) is 11.3 Å². The molecule has 0 radical (unpaired) electrons. The number of thiophene rings is 1. The zero-order valence-electron chi connectivity index (χ0n) is 14.0. The van der Waals surface area contributed by atoms with E-state index in [1.807, 2.05) is 41.8 Å². The van der Waals surface area contributed by atoms with E-state index in [-0.39, 0.29) is 5.91 Å². The summed E-state index contributed by atoms with van der Waals surface area (Å²) in [7, 11) is 0. The van der Waals surface area contributed by atoms with Gasteiger partial charge in [0.25, 0.3) is 5.91 Å². The van der Waals surface area contributed by atoms with Gasteiger partial charge in [0.2, 0.25) is 0 Å². The Hall–Kier alpha value is -1.92. The van der Waals surface area contributed by atoms with Crippen LogP contribution in [-0.4, -0.2) is 59.0 Å². The molecule has 1 saturated heterocycles. The molecule has 0 spiro atoms. The normalized spacial score (nSPS) is 17.2. The average Bonchev–Trinajstić information content (AvgIpc) is 2.92. The lowest BCUT2D eigenvalue weighted by molar-refractivity contribution is -0.144. The van der Waals surface area contributed by atoms with Crippen LogP contribution in [0.5, 0.6) is 0 Å². The number of carbonyl (C=O) groups is 2. The topological polar surface area (TPSA) is 60.9 Å². The van der Waals surface area contributed by atoms with E-state index >= 15 is 0 Å². The van der Waals surface area contributed by atoms with Crippen molar-refractivity contribution in [1.82, 2.24) is 9.80 Å². The number of aliphatic carboxylic acids is 1. The van der Waals surface area contributed by atoms with Crippen molar-refractivity contribution in [3.8, 4) is 0 Å². The first kappa shape index (κ1) is 16.9. The second-order valence-corrected chi connectivity index (χ2v) is 7.19. The Labute approximate surface area is 145 Å². The molecule has 3 rings (SSSR count). The van der Waals surface area contributed by atoms with E-state index in [1.165, 1.54) is 0 Å². The summed E-state index contributed by atoms with van der Waals surface area (Å²) in [5.74, 6) is -0.714. The van der Waals surface area contributed by atoms with Crippen LogP contribution < -0.4 is 0 Å². The third kappa shape index (κ3) is 3.03. The van der Waals surface area contributed by atoms with E-state index in [2.05, 4.69) is 6.07 Å². The molecule has 0 saturated carbocycles. The third-order valence-electron chi connectivity index (χ3n) is 4.75. The van der Waals surface area contributed by atoms with Crippen LogP contribution in [0.2, 0.25) is 0 Å². The lowest BCUT2D eigenvalue weighted by Gasteiger charge is -2.37. The summed E-state index contributed by atoms with van der Waals surface area (Å²) in [6.07, 6.45) is 0.582. The molecule has 1 unspecified atom stereocenters. The standard InChI is InChI=1S/C18H22N2O3S/c1-3-14(18(22)23)19-8-10-20(11-9-19)17(21)16-12(2)13-6-4-5-7-15(13)24-16/h4-7,14H,3,8-11H2,1-2H3,(H,22,23). The minimum atomic E-state index is -0.780. The van der Waals surface area contributed by atoms with E-state index in [0.29, 0.717) is 32.6 Å². The van der Waals surface area contributed by atoms with Crippen molar-refractivity contribution in [1.29, 1.82) is 0 Å². The van der Waals surface area contributed by atoms with Gasteiger partial charge < -0.3 is 10.0 Å². The van der Waals surface area contributed by atoms with Crippen LogP contribution in [0.1, 0.15) is 28.6 Å². The summed E-state index contributed by atoms with van der Waals surface area (Å²) in [4.78, 5) is 28.8. The smallest absolute Gasteiger partial charge is 0.320 e. The summed E-state index contributed by atoms with van der Waals surface area (Å²) in [5, 5.41) is 10.4. The maximum Gasteiger partial charge on any atom is 0.320 e. The fourth-order valence-corrected chi connectivity index (χ4v) is 4.52. The van der Waals surface area contributed by atoms with Gasteiger partial charge in [0.15, 0.2) is 0 Å². The van der Waals surface area contributed by atoms with Crippen molar-refractivity contribution >= 4 is 33.3 Å². The van der Waals surface area contributed by atoms with E-state index in [9.17, 15) is 14.7 Å². The molecule has 1 aliphatic rings. The monoisotopic (exact) mass is 346 g/mol. The zero-order valence-corrected chi connectivity index (χ0v) is 14.8. The highest BCUT2D eigenvalue weighted by molar-refractivity contribution is 7.21. The van der Waals surface area contributed by atoms with Crippen LogP contribution in [0, 0.1) is 6.92 Å². The van der Waals surface area contributed by atoms with Gasteiger partial charge in [-0.15, -0.1) is 11.3 Å². The van der Waals surface area contributed by atoms with Gasteiger partial charge in [0, 0.05) is 30.9 Å². The number of rotatable bonds is 4. The van der Waals surface area contributed by atoms with Gasteiger partial charge in [-0.3, -0.25) is 14.5 Å². The van der Waals surface area contributed by atoms with Gasteiger partial charge in [-0.05, 0) is 30.4 Å². The fraction of sp³-hybridized carbons (Fsp3) is 0.444. The highest BCUT2D eigenvalue weighted by Crippen LogP contribution is 2.31. The summed E-state index contributed by atoms with van der Waals surface area (Å²) >= 11 is 1.54. The molecule has 5 nitrogen and oxygen atoms in total. The number of benzene rings is 1. The Morgan fingerprint density at radius 2 is 1.88 bits per heavy atom. The summed E-state index contributed by atoms with van der Waals surface area (Å²) in [6.45, 7) is 6.27. The molecule has 0 bridgehead atoms. The minimum absolute atomic E-state index is 0.0664. The number of carbonyl (C=O) groups excluding carboxylic acids is 1. The lowest BCUT2D eigenvalue weighted by atomic mass is 10.1. The van der Waals surface area contributed by atoms with Crippen molar-refractivity contribution < 1.29 is 14.7 Å². The predicted octanol–water partition coefficient (Wildman–Crippen LogP) is 2.83. The largest absolute Gasteiger partial charge is 0.480 e. The molecular formula is C18H22N2O3S. The van der Waals surface area contributed by atoms with Crippen molar-refractivity contribution in [2.75, 3.05) is 26.2 Å². The number of carboxylic acid groups (broad SMARTS) is 1. The molecule has 1 aromatic heterocycles. The van der Waals surface area contributed by atoms with Gasteiger partial charge in [0.05, 0.1) is 4.88 Å². The van der Waals surface area contributed by atoms with Crippen LogP contribution >= 0.6 is 11.3 Å². The van der Waals surface area contributed by atoms with Crippen LogP contribution in [0.15, 0.2) is 24.3 Å². The van der Waals surface area contributed by atoms with Gasteiger partial charge in [-0.1, -0.05) is 25.1 Å². The maximum atomic E-state index is 12.9. The highest BCUT2D eigenvalue weighted by atomic mass is 32.1. The van der Waals surface area contributed by atoms with E-state index in [0.717, 1.165) is 20.5 Å². The summed E-state index contributed by atoms with van der Waals surface area (Å²) in [5.41, 5.74) is 1.04. The molecule has 6 heteroatoms. The van der Waals surface area contributed by atoms with Crippen LogP contribution in [0.4, 0.5) is 0 Å². The van der Waals surface area contributed by atoms with E-state index in [4.69, 9.17) is 0 Å². The predicted molar refractivity (Wildman–Crippen MR) is 95.8 cm³/mol. The molecule has 1 aromatic carbocycles. The fourth-order valence-electron chi connectivity index (χ4n) is 3.35. The molecule has 2 aromatic rings. The van der Waals surface area contributed by atoms with Crippen LogP contribution in [0.25, 0.3) is 10.1 Å². The molecule has 1 aliphatic heterocycles. The van der Waals surface area contributed by atoms with Gasteiger partial charge >= 0.3 is 5.97 Å². The van der Waals surface area contributed by atoms with E-state index < -0.39 is 12.0 Å². The van der Waals surface area contributed by atoms with Crippen LogP contribution in [0.3, 0.4) is 0 Å². The quantitative estimate of drug-likeness (QED) is 0.925. The molecule has 1 atom stereocenters. The number of amides is 1. The minimum Gasteiger partial charge on any atom is -0.480 e. The molecule has 24 heavy (non-hydrogen) atoms. The number of carboxylic acids is 1. The third-order valence-corrected chi connectivity index (χ3v) is 6.01. The Morgan fingerprint density at radius 3 is 2.46 bits per heavy atom. The molecule has 1 amide bonds. The molecule has 2 heterocycles. The molecule has 128 valence electrons. The van der Waals surface area contributed by atoms with Crippen molar-refractivity contribution in [2.45, 2.75) is 26.3 Å². The zero-order chi connectivity index (χ0) is 17.3. The molecule has 1 fully saturated rings. The first-order valence-corrected chi connectivity index (χ1v) is 9.08. The molecule has 0 aliphatic carbocycles. The Bertz CT molecular complexity index is 763. The van der Waals surface area contributed by atoms with Gasteiger partial charge in [0.1, 0.15) is 6.04 Å². The number of aryl methyl sites for hydroxylation is 1. The molecular weight excluding hydrogens is 324 g/mol. The van der Waals surface area contributed by atoms with Gasteiger partial charge in [-0.2, -0.15) is 0 Å². The highest BCUT2D eigenvalue weighted by Gasteiger charge is 2.30. The SMILES string of the molecule is CCC(C(=O)O)N1CCN(C(=O)c2sc3ccccc3c2C)CC1. The Kier molecular flexibility index (Phi) is 4.87.